The van der Waals surface area contributed by atoms with Crippen LogP contribution in [0.3, 0.4) is 0 Å². The highest BCUT2D eigenvalue weighted by Crippen LogP contribution is 2.30. The second-order valence-electron chi connectivity index (χ2n) is 4.24. The Bertz CT molecular complexity index is 748. The van der Waals surface area contributed by atoms with E-state index in [1.807, 2.05) is 0 Å². The van der Waals surface area contributed by atoms with Crippen molar-refractivity contribution >= 4 is 43.2 Å². The summed E-state index contributed by atoms with van der Waals surface area (Å²) in [5, 5.41) is 0.449. The van der Waals surface area contributed by atoms with Crippen LogP contribution in [0.5, 0.6) is 0 Å². The summed E-state index contributed by atoms with van der Waals surface area (Å²) in [5.41, 5.74) is 0.493. The van der Waals surface area contributed by atoms with Gasteiger partial charge in [-0.3, -0.25) is 4.31 Å². The summed E-state index contributed by atoms with van der Waals surface area (Å²) in [4.78, 5) is 0.228. The van der Waals surface area contributed by atoms with Crippen molar-refractivity contribution in [3.8, 4) is 0 Å². The molecule has 2 aromatic carbocycles. The van der Waals surface area contributed by atoms with Crippen molar-refractivity contribution in [1.82, 2.24) is 0 Å². The Hall–Kier alpha value is -1.30. The van der Waals surface area contributed by atoms with Gasteiger partial charge >= 0.3 is 0 Å². The van der Waals surface area contributed by atoms with E-state index in [-0.39, 0.29) is 11.4 Å². The first kappa shape index (κ1) is 16.1. The van der Waals surface area contributed by atoms with E-state index in [4.69, 9.17) is 11.6 Å². The zero-order valence-electron chi connectivity index (χ0n) is 11.0. The Labute approximate surface area is 138 Å². The van der Waals surface area contributed by atoms with Gasteiger partial charge in [-0.15, -0.1) is 6.58 Å². The van der Waals surface area contributed by atoms with E-state index in [0.717, 1.165) is 0 Å². The Morgan fingerprint density at radius 2 is 1.86 bits per heavy atom. The van der Waals surface area contributed by atoms with E-state index in [0.29, 0.717) is 15.2 Å². The highest BCUT2D eigenvalue weighted by atomic mass is 79.9. The maximum atomic E-state index is 12.7. The predicted molar refractivity (Wildman–Crippen MR) is 90.3 cm³/mol. The molecule has 0 atom stereocenters. The molecule has 0 fully saturated rings. The number of benzene rings is 2. The maximum Gasteiger partial charge on any atom is 0.264 e. The van der Waals surface area contributed by atoms with Gasteiger partial charge < -0.3 is 0 Å². The van der Waals surface area contributed by atoms with Gasteiger partial charge in [-0.25, -0.2) is 8.42 Å². The van der Waals surface area contributed by atoms with E-state index >= 15 is 0 Å². The summed E-state index contributed by atoms with van der Waals surface area (Å²) in [6.45, 7) is 3.79. The standard InChI is InChI=1S/C15H13BrClNO2S/c1-2-10-18(12-8-9-14(16)15(17)11-12)21(19,20)13-6-4-3-5-7-13/h2-9,11H,1,10H2. The second kappa shape index (κ2) is 6.64. The van der Waals surface area contributed by atoms with Crippen LogP contribution >= 0.6 is 27.5 Å². The van der Waals surface area contributed by atoms with Crippen molar-refractivity contribution in [1.29, 1.82) is 0 Å². The highest BCUT2D eigenvalue weighted by molar-refractivity contribution is 9.10. The Balaban J connectivity index is 2.53. The van der Waals surface area contributed by atoms with Crippen molar-refractivity contribution < 1.29 is 8.42 Å². The van der Waals surface area contributed by atoms with Crippen LogP contribution in [0.1, 0.15) is 0 Å². The smallest absolute Gasteiger partial charge is 0.262 e. The lowest BCUT2D eigenvalue weighted by Gasteiger charge is -2.23. The molecule has 0 aliphatic carbocycles. The third-order valence-corrected chi connectivity index (χ3v) is 5.86. The fourth-order valence-corrected chi connectivity index (χ4v) is 3.69. The number of sulfonamides is 1. The number of anilines is 1. The van der Waals surface area contributed by atoms with Crippen molar-refractivity contribution in [2.24, 2.45) is 0 Å². The Morgan fingerprint density at radius 1 is 1.19 bits per heavy atom. The monoisotopic (exact) mass is 385 g/mol. The lowest BCUT2D eigenvalue weighted by Crippen LogP contribution is -2.31. The number of nitrogens with zero attached hydrogens (tertiary/aromatic N) is 1. The normalized spacial score (nSPS) is 11.1. The summed E-state index contributed by atoms with van der Waals surface area (Å²) in [5.74, 6) is 0. The minimum atomic E-state index is -3.66. The first-order valence-corrected chi connectivity index (χ1v) is 8.71. The van der Waals surface area contributed by atoms with Crippen LogP contribution < -0.4 is 4.31 Å². The average Bonchev–Trinajstić information content (AvgIpc) is 2.48. The van der Waals surface area contributed by atoms with E-state index in [2.05, 4.69) is 22.5 Å². The van der Waals surface area contributed by atoms with E-state index in [9.17, 15) is 8.42 Å². The molecule has 0 unspecified atom stereocenters. The number of hydrogen-bond acceptors (Lipinski definition) is 2. The van der Waals surface area contributed by atoms with Gasteiger partial charge in [0.1, 0.15) is 0 Å². The van der Waals surface area contributed by atoms with Gasteiger partial charge in [0.15, 0.2) is 0 Å². The topological polar surface area (TPSA) is 37.4 Å². The van der Waals surface area contributed by atoms with Gasteiger partial charge in [0, 0.05) is 4.47 Å². The van der Waals surface area contributed by atoms with Gasteiger partial charge in [-0.05, 0) is 46.3 Å². The fraction of sp³-hybridized carbons (Fsp3) is 0.0667. The number of hydrogen-bond donors (Lipinski definition) is 0. The molecular formula is C15H13BrClNO2S. The number of rotatable bonds is 5. The van der Waals surface area contributed by atoms with Gasteiger partial charge in [0.05, 0.1) is 22.2 Å². The van der Waals surface area contributed by atoms with Crippen molar-refractivity contribution in [3.05, 3.63) is 70.7 Å². The van der Waals surface area contributed by atoms with Gasteiger partial charge in [0.25, 0.3) is 10.0 Å². The molecule has 0 spiro atoms. The first-order valence-electron chi connectivity index (χ1n) is 6.10. The molecule has 0 heterocycles. The molecule has 0 aliphatic heterocycles. The third kappa shape index (κ3) is 3.48. The zero-order valence-corrected chi connectivity index (χ0v) is 14.2. The molecule has 0 aromatic heterocycles. The molecule has 2 aromatic rings. The molecule has 3 nitrogen and oxygen atoms in total. The summed E-state index contributed by atoms with van der Waals surface area (Å²) in [6.07, 6.45) is 1.54. The van der Waals surface area contributed by atoms with Crippen LogP contribution in [0.25, 0.3) is 0 Å². The summed E-state index contributed by atoms with van der Waals surface area (Å²) in [7, 11) is -3.66. The van der Waals surface area contributed by atoms with Crippen LogP contribution in [0.15, 0.2) is 70.6 Å². The van der Waals surface area contributed by atoms with Crippen molar-refractivity contribution in [2.45, 2.75) is 4.90 Å². The molecule has 0 aliphatic rings. The molecule has 0 saturated carbocycles. The largest absolute Gasteiger partial charge is 0.264 e. The molecular weight excluding hydrogens is 374 g/mol. The molecule has 0 saturated heterocycles. The van der Waals surface area contributed by atoms with Gasteiger partial charge in [-0.2, -0.15) is 0 Å². The molecule has 0 bridgehead atoms. The van der Waals surface area contributed by atoms with Crippen LogP contribution in [0, 0.1) is 0 Å². The average molecular weight is 387 g/mol. The van der Waals surface area contributed by atoms with Gasteiger partial charge in [0.2, 0.25) is 0 Å². The minimum absolute atomic E-state index is 0.162. The van der Waals surface area contributed by atoms with Crippen LogP contribution in [-0.2, 0) is 10.0 Å². The fourth-order valence-electron chi connectivity index (χ4n) is 1.82. The lowest BCUT2D eigenvalue weighted by atomic mass is 10.3. The molecule has 0 N–H and O–H groups in total. The molecule has 0 amide bonds. The van der Waals surface area contributed by atoms with Crippen LogP contribution in [-0.4, -0.2) is 15.0 Å². The number of halogens is 2. The lowest BCUT2D eigenvalue weighted by molar-refractivity contribution is 0.593. The van der Waals surface area contributed by atoms with Crippen LogP contribution in [0.4, 0.5) is 5.69 Å². The summed E-state index contributed by atoms with van der Waals surface area (Å²) in [6, 6.07) is 13.3. The van der Waals surface area contributed by atoms with E-state index < -0.39 is 10.0 Å². The third-order valence-electron chi connectivity index (χ3n) is 2.82. The molecule has 2 rings (SSSR count). The maximum absolute atomic E-state index is 12.7. The van der Waals surface area contributed by atoms with E-state index in [1.54, 1.807) is 48.5 Å². The molecule has 110 valence electrons. The van der Waals surface area contributed by atoms with E-state index in [1.165, 1.54) is 10.4 Å². The quantitative estimate of drug-likeness (QED) is 0.710. The second-order valence-corrected chi connectivity index (χ2v) is 7.36. The summed E-state index contributed by atoms with van der Waals surface area (Å²) < 4.78 is 27.5. The van der Waals surface area contributed by atoms with Crippen molar-refractivity contribution in [2.75, 3.05) is 10.8 Å². The molecule has 6 heteroatoms. The SMILES string of the molecule is C=CCN(c1ccc(Br)c(Cl)c1)S(=O)(=O)c1ccccc1. The van der Waals surface area contributed by atoms with Crippen molar-refractivity contribution in [3.63, 3.8) is 0 Å². The predicted octanol–water partition coefficient (Wildman–Crippen LogP) is 4.48. The summed E-state index contributed by atoms with van der Waals surface area (Å²) >= 11 is 9.35. The zero-order chi connectivity index (χ0) is 15.5. The molecule has 0 radical (unpaired) electrons. The minimum Gasteiger partial charge on any atom is -0.262 e. The van der Waals surface area contributed by atoms with Crippen LogP contribution in [0.2, 0.25) is 5.02 Å². The Morgan fingerprint density at radius 3 is 2.43 bits per heavy atom. The van der Waals surface area contributed by atoms with Gasteiger partial charge in [-0.1, -0.05) is 35.9 Å². The Kier molecular flexibility index (Phi) is 5.08. The first-order chi connectivity index (χ1) is 9.96. The molecule has 21 heavy (non-hydrogen) atoms. The highest BCUT2D eigenvalue weighted by Gasteiger charge is 2.24.